The molecule has 1 aromatic heterocycles. The highest BCUT2D eigenvalue weighted by molar-refractivity contribution is 7.85. The monoisotopic (exact) mass is 359 g/mol. The lowest BCUT2D eigenvalue weighted by Crippen LogP contribution is -2.12. The van der Waals surface area contributed by atoms with Gasteiger partial charge in [-0.2, -0.15) is 8.42 Å². The summed E-state index contributed by atoms with van der Waals surface area (Å²) < 4.78 is 34.1. The zero-order chi connectivity index (χ0) is 17.0. The maximum atomic E-state index is 11.6. The lowest BCUT2D eigenvalue weighted by Gasteiger charge is -2.10. The second-order valence-electron chi connectivity index (χ2n) is 5.01. The third-order valence-electron chi connectivity index (χ3n) is 3.21. The second-order valence-corrected chi connectivity index (χ2v) is 7.09. The van der Waals surface area contributed by atoms with Crippen molar-refractivity contribution in [2.45, 2.75) is 26.5 Å². The molecule has 0 N–H and O–H groups in total. The molecule has 23 heavy (non-hydrogen) atoms. The van der Waals surface area contributed by atoms with Gasteiger partial charge in [-0.15, -0.1) is 0 Å². The third kappa shape index (κ3) is 4.95. The first kappa shape index (κ1) is 17.8. The molecule has 126 valence electrons. The van der Waals surface area contributed by atoms with E-state index in [1.807, 2.05) is 10.6 Å². The number of rotatable bonds is 7. The Kier molecular flexibility index (Phi) is 5.67. The molecule has 6 nitrogen and oxygen atoms in total. The van der Waals surface area contributed by atoms with Crippen LogP contribution in [0.4, 0.5) is 0 Å². The normalized spacial score (nSPS) is 11.8. The molecule has 0 amide bonds. The van der Waals surface area contributed by atoms with Crippen molar-refractivity contribution in [3.8, 4) is 0 Å². The van der Waals surface area contributed by atoms with Crippen LogP contribution in [0.15, 0.2) is 24.3 Å². The number of benzene rings is 1. The van der Waals surface area contributed by atoms with E-state index in [0.29, 0.717) is 23.9 Å². The number of hydrogen-bond donors (Lipinski definition) is 0. The van der Waals surface area contributed by atoms with Gasteiger partial charge >= 0.3 is 5.97 Å². The van der Waals surface area contributed by atoms with E-state index in [9.17, 15) is 13.2 Å². The largest absolute Gasteiger partial charge is 0.466 e. The van der Waals surface area contributed by atoms with Gasteiger partial charge in [0.05, 0.1) is 19.3 Å². The predicted octanol–water partition coefficient (Wildman–Crippen LogP) is 2.72. The fourth-order valence-electron chi connectivity index (χ4n) is 2.29. The van der Waals surface area contributed by atoms with Crippen molar-refractivity contribution in [1.29, 1.82) is 0 Å². The first-order valence-corrected chi connectivity index (χ1v) is 9.27. The van der Waals surface area contributed by atoms with Crippen molar-refractivity contribution in [1.82, 2.24) is 4.57 Å². The number of fused-ring (bicyclic) bond motifs is 1. The smallest absolute Gasteiger partial charge is 0.307 e. The van der Waals surface area contributed by atoms with Crippen LogP contribution >= 0.6 is 11.6 Å². The third-order valence-corrected chi connectivity index (χ3v) is 4.00. The molecular weight excluding hydrogens is 342 g/mol. The van der Waals surface area contributed by atoms with Gasteiger partial charge in [0, 0.05) is 28.2 Å². The minimum Gasteiger partial charge on any atom is -0.466 e. The lowest BCUT2D eigenvalue weighted by atomic mass is 10.2. The van der Waals surface area contributed by atoms with Crippen LogP contribution in [-0.4, -0.2) is 31.8 Å². The van der Waals surface area contributed by atoms with Crippen molar-refractivity contribution >= 4 is 38.6 Å². The summed E-state index contributed by atoms with van der Waals surface area (Å²) in [4.78, 5) is 11.6. The fourth-order valence-corrected chi connectivity index (χ4v) is 2.80. The Morgan fingerprint density at radius 3 is 2.70 bits per heavy atom. The van der Waals surface area contributed by atoms with Crippen LogP contribution in [0.5, 0.6) is 0 Å². The predicted molar refractivity (Wildman–Crippen MR) is 87.8 cm³/mol. The molecule has 0 bridgehead atoms. The first-order valence-electron chi connectivity index (χ1n) is 7.08. The quantitative estimate of drug-likeness (QED) is 0.561. The maximum absolute atomic E-state index is 11.6. The topological polar surface area (TPSA) is 74.6 Å². The van der Waals surface area contributed by atoms with Crippen LogP contribution in [0.25, 0.3) is 10.9 Å². The number of aromatic nitrogens is 1. The van der Waals surface area contributed by atoms with E-state index >= 15 is 0 Å². The van der Waals surface area contributed by atoms with Gasteiger partial charge < -0.3 is 9.30 Å². The average molecular weight is 360 g/mol. The maximum Gasteiger partial charge on any atom is 0.307 e. The van der Waals surface area contributed by atoms with Crippen LogP contribution in [0.1, 0.15) is 19.0 Å². The van der Waals surface area contributed by atoms with E-state index in [1.54, 1.807) is 25.1 Å². The molecule has 0 atom stereocenters. The summed E-state index contributed by atoms with van der Waals surface area (Å²) in [5, 5.41) is 1.43. The van der Waals surface area contributed by atoms with Crippen molar-refractivity contribution in [2.75, 3.05) is 12.9 Å². The molecule has 0 spiro atoms. The molecule has 0 aliphatic carbocycles. The Morgan fingerprint density at radius 1 is 1.30 bits per heavy atom. The Hall–Kier alpha value is -1.57. The van der Waals surface area contributed by atoms with E-state index in [1.165, 1.54) is 0 Å². The number of hydrogen-bond acceptors (Lipinski definition) is 5. The summed E-state index contributed by atoms with van der Waals surface area (Å²) >= 11 is 5.99. The van der Waals surface area contributed by atoms with E-state index in [0.717, 1.165) is 17.2 Å². The molecule has 0 aliphatic heterocycles. The highest BCUT2D eigenvalue weighted by atomic mass is 35.5. The van der Waals surface area contributed by atoms with Crippen LogP contribution in [-0.2, 0) is 37.0 Å². The Balaban J connectivity index is 2.31. The fraction of sp³-hybridized carbons (Fsp3) is 0.400. The Bertz CT molecular complexity index is 813. The van der Waals surface area contributed by atoms with Crippen LogP contribution in [0.2, 0.25) is 5.02 Å². The SMILES string of the molecule is CCOC(=O)CCn1c(COS(C)(=O)=O)cc2cc(Cl)ccc21. The van der Waals surface area contributed by atoms with Gasteiger partial charge in [-0.1, -0.05) is 11.6 Å². The number of halogens is 1. The number of carbonyl (C=O) groups is 1. The number of carbonyl (C=O) groups excluding carboxylic acids is 1. The molecule has 2 aromatic rings. The van der Waals surface area contributed by atoms with Crippen LogP contribution in [0.3, 0.4) is 0 Å². The molecule has 0 unspecified atom stereocenters. The van der Waals surface area contributed by atoms with Gasteiger partial charge in [-0.05, 0) is 31.2 Å². The van der Waals surface area contributed by atoms with Gasteiger partial charge in [0.1, 0.15) is 6.61 Å². The summed E-state index contributed by atoms with van der Waals surface area (Å²) in [7, 11) is -3.56. The molecule has 0 fully saturated rings. The number of aryl methyl sites for hydroxylation is 1. The minimum absolute atomic E-state index is 0.103. The van der Waals surface area contributed by atoms with E-state index in [2.05, 4.69) is 0 Å². The summed E-state index contributed by atoms with van der Waals surface area (Å²) in [5.74, 6) is -0.307. The van der Waals surface area contributed by atoms with Gasteiger partial charge in [-0.25, -0.2) is 0 Å². The van der Waals surface area contributed by atoms with Crippen molar-refractivity contribution in [3.63, 3.8) is 0 Å². The van der Waals surface area contributed by atoms with Gasteiger partial charge in [-0.3, -0.25) is 8.98 Å². The highest BCUT2D eigenvalue weighted by Gasteiger charge is 2.13. The first-order chi connectivity index (χ1) is 10.8. The summed E-state index contributed by atoms with van der Waals surface area (Å²) in [6.45, 7) is 2.33. The van der Waals surface area contributed by atoms with Crippen LogP contribution in [0, 0.1) is 0 Å². The second kappa shape index (κ2) is 7.33. The van der Waals surface area contributed by atoms with Crippen LogP contribution < -0.4 is 0 Å². The zero-order valence-electron chi connectivity index (χ0n) is 12.9. The number of esters is 1. The summed E-state index contributed by atoms with van der Waals surface area (Å²) in [5.41, 5.74) is 1.50. The molecular formula is C15H18ClNO5S. The van der Waals surface area contributed by atoms with E-state index in [-0.39, 0.29) is 19.0 Å². The molecule has 1 heterocycles. The molecule has 0 saturated heterocycles. The number of ether oxygens (including phenoxy) is 1. The van der Waals surface area contributed by atoms with Gasteiger partial charge in [0.25, 0.3) is 10.1 Å². The molecule has 2 rings (SSSR count). The highest BCUT2D eigenvalue weighted by Crippen LogP contribution is 2.25. The molecule has 0 aliphatic rings. The Morgan fingerprint density at radius 2 is 2.04 bits per heavy atom. The zero-order valence-corrected chi connectivity index (χ0v) is 14.5. The molecule has 8 heteroatoms. The average Bonchev–Trinajstić information content (AvgIpc) is 2.79. The Labute approximate surface area is 140 Å². The summed E-state index contributed by atoms with van der Waals surface area (Å²) in [6, 6.07) is 7.15. The van der Waals surface area contributed by atoms with Crippen molar-refractivity contribution in [3.05, 3.63) is 35.0 Å². The van der Waals surface area contributed by atoms with Crippen molar-refractivity contribution < 1.29 is 22.1 Å². The van der Waals surface area contributed by atoms with Gasteiger partial charge in [0.2, 0.25) is 0 Å². The van der Waals surface area contributed by atoms with E-state index in [4.69, 9.17) is 20.5 Å². The molecule has 0 radical (unpaired) electrons. The standard InChI is InChI=1S/C15H18ClNO5S/c1-3-21-15(18)6-7-17-13(10-22-23(2,19)20)9-11-8-12(16)4-5-14(11)17/h4-5,8-9H,3,6-7,10H2,1-2H3. The van der Waals surface area contributed by atoms with Gasteiger partial charge in [0.15, 0.2) is 0 Å². The number of nitrogens with zero attached hydrogens (tertiary/aromatic N) is 1. The van der Waals surface area contributed by atoms with Crippen molar-refractivity contribution in [2.24, 2.45) is 0 Å². The minimum atomic E-state index is -3.56. The summed E-state index contributed by atoms with van der Waals surface area (Å²) in [6.07, 6.45) is 1.18. The lowest BCUT2D eigenvalue weighted by molar-refractivity contribution is -0.143. The molecule has 1 aromatic carbocycles. The van der Waals surface area contributed by atoms with E-state index < -0.39 is 10.1 Å². The molecule has 0 saturated carbocycles.